The topological polar surface area (TPSA) is 67.1 Å². The molecule has 1 heterocycles. The van der Waals surface area contributed by atoms with Crippen LogP contribution in [0, 0.1) is 12.3 Å². The van der Waals surface area contributed by atoms with Gasteiger partial charge in [-0.05, 0) is 55.6 Å². The minimum absolute atomic E-state index is 0.366. The zero-order valence-electron chi connectivity index (χ0n) is 17.2. The third-order valence-corrected chi connectivity index (χ3v) is 6.09. The first kappa shape index (κ1) is 20.7. The molecular weight excluding hydrogens is 368 g/mol. The lowest BCUT2D eigenvalue weighted by Gasteiger charge is -2.19. The van der Waals surface area contributed by atoms with Crippen molar-refractivity contribution in [2.75, 3.05) is 25.1 Å². The Kier molecular flexibility index (Phi) is 7.36. The van der Waals surface area contributed by atoms with E-state index < -0.39 is 0 Å². The molecule has 0 atom stereocenters. The molecule has 1 aromatic carbocycles. The van der Waals surface area contributed by atoms with Crippen molar-refractivity contribution in [1.82, 2.24) is 25.4 Å². The van der Waals surface area contributed by atoms with Crippen molar-refractivity contribution in [1.29, 1.82) is 0 Å². The Morgan fingerprint density at radius 3 is 2.64 bits per heavy atom. The maximum Gasteiger partial charge on any atom is 0.191 e. The predicted molar refractivity (Wildman–Crippen MR) is 118 cm³/mol. The fourth-order valence-electron chi connectivity index (χ4n) is 3.23. The van der Waals surface area contributed by atoms with Crippen LogP contribution in [0.4, 0.5) is 0 Å². The van der Waals surface area contributed by atoms with Crippen molar-refractivity contribution < 1.29 is 0 Å². The van der Waals surface area contributed by atoms with E-state index in [1.165, 1.54) is 18.4 Å². The predicted octanol–water partition coefficient (Wildman–Crippen LogP) is 2.93. The van der Waals surface area contributed by atoms with Crippen LogP contribution < -0.4 is 10.6 Å². The zero-order chi connectivity index (χ0) is 19.8. The first-order chi connectivity index (χ1) is 13.6. The van der Waals surface area contributed by atoms with Gasteiger partial charge in [0.1, 0.15) is 12.4 Å². The molecule has 1 aliphatic carbocycles. The van der Waals surface area contributed by atoms with Gasteiger partial charge in [-0.15, -0.1) is 10.2 Å². The number of aromatic nitrogens is 3. The monoisotopic (exact) mass is 400 g/mol. The second-order valence-electron chi connectivity index (χ2n) is 7.68. The summed E-state index contributed by atoms with van der Waals surface area (Å²) in [5, 5.41) is 15.4. The van der Waals surface area contributed by atoms with Crippen molar-refractivity contribution in [3.8, 4) is 0 Å². The molecular formula is C21H32N6S. The number of benzene rings is 1. The summed E-state index contributed by atoms with van der Waals surface area (Å²) in [4.78, 5) is 4.77. The van der Waals surface area contributed by atoms with Crippen molar-refractivity contribution in [2.24, 2.45) is 17.5 Å². The van der Waals surface area contributed by atoms with Gasteiger partial charge in [0.2, 0.25) is 0 Å². The Bertz CT molecular complexity index is 766. The number of aliphatic imine (C=N–C) groups is 1. The summed E-state index contributed by atoms with van der Waals surface area (Å²) < 4.78 is 1.99. The number of rotatable bonds is 10. The maximum absolute atomic E-state index is 4.77. The Morgan fingerprint density at radius 1 is 1.21 bits per heavy atom. The second kappa shape index (κ2) is 9.96. The first-order valence-corrected chi connectivity index (χ1v) is 11.4. The summed E-state index contributed by atoms with van der Waals surface area (Å²) in [7, 11) is 1.98. The standard InChI is InChI=1S/C21H32N6S/c1-17-25-26-19(27(17)2)15-23-20(22-12-7-13-28-3)24-16-21(10-11-21)14-18-8-5-4-6-9-18/h4-6,8-9H,7,10-16H2,1-3H3,(H2,22,23,24). The average Bonchev–Trinajstić information content (AvgIpc) is 3.40. The lowest BCUT2D eigenvalue weighted by atomic mass is 9.96. The van der Waals surface area contributed by atoms with Crippen LogP contribution in [0.25, 0.3) is 0 Å². The fourth-order valence-corrected chi connectivity index (χ4v) is 3.66. The lowest BCUT2D eigenvalue weighted by molar-refractivity contribution is 0.491. The minimum Gasteiger partial charge on any atom is -0.356 e. The van der Waals surface area contributed by atoms with E-state index in [4.69, 9.17) is 4.99 Å². The summed E-state index contributed by atoms with van der Waals surface area (Å²) in [5.74, 6) is 3.82. The highest BCUT2D eigenvalue weighted by atomic mass is 32.2. The van der Waals surface area contributed by atoms with Crippen LogP contribution >= 0.6 is 11.8 Å². The molecule has 2 N–H and O–H groups in total. The van der Waals surface area contributed by atoms with Gasteiger partial charge >= 0.3 is 0 Å². The molecule has 1 fully saturated rings. The van der Waals surface area contributed by atoms with Crippen molar-refractivity contribution >= 4 is 17.7 Å². The molecule has 7 heteroatoms. The molecule has 0 amide bonds. The molecule has 0 unspecified atom stereocenters. The Labute approximate surface area is 172 Å². The number of aryl methyl sites for hydroxylation is 1. The summed E-state index contributed by atoms with van der Waals surface area (Å²) >= 11 is 1.88. The minimum atomic E-state index is 0.366. The molecule has 2 aromatic rings. The molecule has 0 spiro atoms. The van der Waals surface area contributed by atoms with Crippen LogP contribution in [0.5, 0.6) is 0 Å². The van der Waals surface area contributed by atoms with Crippen LogP contribution in [0.15, 0.2) is 35.3 Å². The normalized spacial score (nSPS) is 15.5. The molecule has 0 aliphatic heterocycles. The van der Waals surface area contributed by atoms with E-state index >= 15 is 0 Å². The summed E-state index contributed by atoms with van der Waals surface area (Å²) in [5.41, 5.74) is 1.78. The average molecular weight is 401 g/mol. The van der Waals surface area contributed by atoms with Gasteiger partial charge in [-0.3, -0.25) is 0 Å². The Hall–Kier alpha value is -2.02. The third kappa shape index (κ3) is 5.99. The van der Waals surface area contributed by atoms with Gasteiger partial charge in [0.15, 0.2) is 11.8 Å². The molecule has 1 aliphatic rings. The largest absolute Gasteiger partial charge is 0.356 e. The molecule has 0 saturated heterocycles. The highest BCUT2D eigenvalue weighted by Crippen LogP contribution is 2.47. The number of nitrogens with zero attached hydrogens (tertiary/aromatic N) is 4. The van der Waals surface area contributed by atoms with Gasteiger partial charge in [-0.1, -0.05) is 30.3 Å². The number of guanidine groups is 1. The smallest absolute Gasteiger partial charge is 0.191 e. The van der Waals surface area contributed by atoms with E-state index in [1.807, 2.05) is 30.3 Å². The molecule has 28 heavy (non-hydrogen) atoms. The molecule has 1 aromatic heterocycles. The van der Waals surface area contributed by atoms with E-state index in [0.29, 0.717) is 12.0 Å². The SMILES string of the molecule is CSCCCNC(=NCc1nnc(C)n1C)NCC1(Cc2ccccc2)CC1. The molecule has 1 saturated carbocycles. The van der Waals surface area contributed by atoms with Crippen LogP contribution in [0.2, 0.25) is 0 Å². The van der Waals surface area contributed by atoms with Crippen molar-refractivity contribution in [3.63, 3.8) is 0 Å². The van der Waals surface area contributed by atoms with Crippen LogP contribution in [0.1, 0.15) is 36.5 Å². The van der Waals surface area contributed by atoms with Gasteiger partial charge in [0.25, 0.3) is 0 Å². The van der Waals surface area contributed by atoms with Crippen LogP contribution in [0.3, 0.4) is 0 Å². The first-order valence-electron chi connectivity index (χ1n) is 10.0. The molecule has 6 nitrogen and oxygen atoms in total. The maximum atomic E-state index is 4.77. The molecule has 0 bridgehead atoms. The van der Waals surface area contributed by atoms with Gasteiger partial charge in [-0.2, -0.15) is 11.8 Å². The highest BCUT2D eigenvalue weighted by Gasteiger charge is 2.42. The van der Waals surface area contributed by atoms with Gasteiger partial charge in [0.05, 0.1) is 0 Å². The number of thioether (sulfide) groups is 1. The molecule has 0 radical (unpaired) electrons. The summed E-state index contributed by atoms with van der Waals surface area (Å²) in [6, 6.07) is 10.8. The lowest BCUT2D eigenvalue weighted by Crippen LogP contribution is -2.41. The molecule has 152 valence electrons. The van der Waals surface area contributed by atoms with Crippen molar-refractivity contribution in [2.45, 2.75) is 39.2 Å². The fraction of sp³-hybridized carbons (Fsp3) is 0.571. The van der Waals surface area contributed by atoms with Gasteiger partial charge < -0.3 is 15.2 Å². The molecule has 3 rings (SSSR count). The highest BCUT2D eigenvalue weighted by molar-refractivity contribution is 7.98. The summed E-state index contributed by atoms with van der Waals surface area (Å²) in [6.45, 7) is 4.37. The second-order valence-corrected chi connectivity index (χ2v) is 8.66. The van der Waals surface area contributed by atoms with Gasteiger partial charge in [0, 0.05) is 20.1 Å². The van der Waals surface area contributed by atoms with Crippen molar-refractivity contribution in [3.05, 3.63) is 47.5 Å². The van der Waals surface area contributed by atoms with Crippen LogP contribution in [-0.4, -0.2) is 45.8 Å². The van der Waals surface area contributed by atoms with E-state index in [0.717, 1.165) is 49.3 Å². The van der Waals surface area contributed by atoms with Gasteiger partial charge in [-0.25, -0.2) is 4.99 Å². The van der Waals surface area contributed by atoms with E-state index in [-0.39, 0.29) is 0 Å². The summed E-state index contributed by atoms with van der Waals surface area (Å²) in [6.07, 6.45) is 6.95. The van der Waals surface area contributed by atoms with E-state index in [1.54, 1.807) is 0 Å². The third-order valence-electron chi connectivity index (χ3n) is 5.39. The number of hydrogen-bond donors (Lipinski definition) is 2. The quantitative estimate of drug-likeness (QED) is 0.365. The Balaban J connectivity index is 1.58. The Morgan fingerprint density at radius 2 is 2.00 bits per heavy atom. The number of nitrogens with one attached hydrogen (secondary N) is 2. The van der Waals surface area contributed by atoms with E-state index in [2.05, 4.69) is 57.4 Å². The van der Waals surface area contributed by atoms with E-state index in [9.17, 15) is 0 Å². The van der Waals surface area contributed by atoms with Crippen LogP contribution in [-0.2, 0) is 20.0 Å². The zero-order valence-corrected chi connectivity index (χ0v) is 18.1. The number of hydrogen-bond acceptors (Lipinski definition) is 4.